The molecule has 6 heteroatoms. The maximum absolute atomic E-state index is 12.6. The predicted octanol–water partition coefficient (Wildman–Crippen LogP) is 3.24. The van der Waals surface area contributed by atoms with Gasteiger partial charge in [-0.15, -0.1) is 0 Å². The zero-order valence-electron chi connectivity index (χ0n) is 13.5. The molecule has 6 nitrogen and oxygen atoms in total. The molecule has 0 aliphatic carbocycles. The Bertz CT molecular complexity index is 1060. The number of rotatable bonds is 4. The van der Waals surface area contributed by atoms with Gasteiger partial charge in [-0.1, -0.05) is 24.3 Å². The van der Waals surface area contributed by atoms with Crippen molar-refractivity contribution >= 4 is 28.3 Å². The fraction of sp³-hybridized carbons (Fsp3) is 0.105. The maximum atomic E-state index is 12.6. The van der Waals surface area contributed by atoms with Crippen molar-refractivity contribution in [2.24, 2.45) is 0 Å². The molecule has 4 rings (SSSR count). The third kappa shape index (κ3) is 2.67. The lowest BCUT2D eigenvalue weighted by molar-refractivity contribution is 0.0314. The minimum Gasteiger partial charge on any atom is -0.449 e. The van der Waals surface area contributed by atoms with Gasteiger partial charge in [0.1, 0.15) is 5.65 Å². The molecule has 4 aromatic rings. The molecule has 124 valence electrons. The van der Waals surface area contributed by atoms with Gasteiger partial charge in [-0.2, -0.15) is 0 Å². The van der Waals surface area contributed by atoms with Gasteiger partial charge < -0.3 is 14.1 Å². The highest BCUT2D eigenvalue weighted by Crippen LogP contribution is 2.20. The van der Waals surface area contributed by atoms with E-state index >= 15 is 0 Å². The molecule has 1 N–H and O–H groups in total. The molecule has 0 radical (unpaired) electrons. The van der Waals surface area contributed by atoms with Crippen LogP contribution < -0.4 is 0 Å². The number of Topliss-reactive ketones (excluding diaryl/α,β-unsaturated/α-hetero) is 1. The number of ether oxygens (including phenoxy) is 1. The van der Waals surface area contributed by atoms with Crippen molar-refractivity contribution in [2.45, 2.75) is 13.0 Å². The maximum Gasteiger partial charge on any atom is 0.359 e. The van der Waals surface area contributed by atoms with Gasteiger partial charge >= 0.3 is 5.97 Å². The summed E-state index contributed by atoms with van der Waals surface area (Å²) in [6.45, 7) is 1.57. The number of nitrogens with zero attached hydrogens (tertiary/aromatic N) is 2. The number of carbonyl (C=O) groups excluding carboxylic acids is 2. The van der Waals surface area contributed by atoms with E-state index in [1.807, 2.05) is 36.4 Å². The van der Waals surface area contributed by atoms with Crippen molar-refractivity contribution in [3.8, 4) is 0 Å². The summed E-state index contributed by atoms with van der Waals surface area (Å²) in [5, 5.41) is 0.808. The number of fused-ring (bicyclic) bond motifs is 2. The van der Waals surface area contributed by atoms with Crippen LogP contribution in [0.3, 0.4) is 0 Å². The van der Waals surface area contributed by atoms with Gasteiger partial charge in [0, 0.05) is 35.1 Å². The molecule has 1 aromatic carbocycles. The summed E-state index contributed by atoms with van der Waals surface area (Å²) >= 11 is 0. The molecule has 3 aromatic heterocycles. The number of H-pyrrole nitrogens is 1. The quantitative estimate of drug-likeness (QED) is 0.459. The van der Waals surface area contributed by atoms with Crippen LogP contribution in [0.4, 0.5) is 0 Å². The molecule has 0 spiro atoms. The Morgan fingerprint density at radius 3 is 2.80 bits per heavy atom. The lowest BCUT2D eigenvalue weighted by Crippen LogP contribution is -2.24. The smallest absolute Gasteiger partial charge is 0.359 e. The van der Waals surface area contributed by atoms with E-state index < -0.39 is 12.1 Å². The topological polar surface area (TPSA) is 76.5 Å². The summed E-state index contributed by atoms with van der Waals surface area (Å²) in [6.07, 6.45) is 4.11. The molecular formula is C19H15N3O3. The number of pyridine rings is 1. The zero-order chi connectivity index (χ0) is 17.4. The molecule has 0 saturated carbocycles. The predicted molar refractivity (Wildman–Crippen MR) is 92.7 cm³/mol. The Hall–Kier alpha value is -3.41. The van der Waals surface area contributed by atoms with Crippen LogP contribution in [-0.2, 0) is 4.74 Å². The Labute approximate surface area is 143 Å². The number of imidazole rings is 1. The normalized spacial score (nSPS) is 12.4. The summed E-state index contributed by atoms with van der Waals surface area (Å²) in [5.74, 6) is -0.876. The molecule has 3 heterocycles. The molecule has 0 saturated heterocycles. The van der Waals surface area contributed by atoms with Crippen molar-refractivity contribution in [2.75, 3.05) is 0 Å². The highest BCUT2D eigenvalue weighted by Gasteiger charge is 2.24. The number of benzene rings is 1. The van der Waals surface area contributed by atoms with Crippen LogP contribution in [-0.4, -0.2) is 32.2 Å². The molecule has 0 fully saturated rings. The number of hydrogen-bond donors (Lipinski definition) is 1. The SMILES string of the molecule is C[C@@H](OC(=O)c1cn2ccccc2n1)C(=O)c1c[nH]c2ccccc12. The van der Waals surface area contributed by atoms with Gasteiger partial charge in [-0.25, -0.2) is 9.78 Å². The van der Waals surface area contributed by atoms with E-state index in [0.717, 1.165) is 10.9 Å². The third-order valence-electron chi connectivity index (χ3n) is 4.08. The van der Waals surface area contributed by atoms with E-state index in [-0.39, 0.29) is 11.5 Å². The number of esters is 1. The second kappa shape index (κ2) is 5.90. The second-order valence-corrected chi connectivity index (χ2v) is 5.75. The lowest BCUT2D eigenvalue weighted by Gasteiger charge is -2.10. The first-order valence-electron chi connectivity index (χ1n) is 7.88. The van der Waals surface area contributed by atoms with E-state index in [4.69, 9.17) is 4.74 Å². The fourth-order valence-corrected chi connectivity index (χ4v) is 2.80. The van der Waals surface area contributed by atoms with Gasteiger partial charge in [0.2, 0.25) is 5.78 Å². The van der Waals surface area contributed by atoms with E-state index in [9.17, 15) is 9.59 Å². The molecule has 0 aliphatic rings. The Morgan fingerprint density at radius 1 is 1.16 bits per heavy atom. The summed E-state index contributed by atoms with van der Waals surface area (Å²) in [6, 6.07) is 13.0. The first-order valence-corrected chi connectivity index (χ1v) is 7.88. The monoisotopic (exact) mass is 333 g/mol. The number of nitrogens with one attached hydrogen (secondary N) is 1. The van der Waals surface area contributed by atoms with Crippen LogP contribution in [0.5, 0.6) is 0 Å². The van der Waals surface area contributed by atoms with Crippen molar-refractivity contribution in [1.29, 1.82) is 0 Å². The number of para-hydroxylation sites is 1. The highest BCUT2D eigenvalue weighted by molar-refractivity contribution is 6.10. The molecular weight excluding hydrogens is 318 g/mol. The molecule has 0 bridgehead atoms. The molecule has 0 unspecified atom stereocenters. The summed E-state index contributed by atoms with van der Waals surface area (Å²) in [5.41, 5.74) is 2.19. The van der Waals surface area contributed by atoms with Crippen molar-refractivity contribution in [3.05, 3.63) is 72.3 Å². The molecule has 25 heavy (non-hydrogen) atoms. The van der Waals surface area contributed by atoms with E-state index in [1.165, 1.54) is 0 Å². The second-order valence-electron chi connectivity index (χ2n) is 5.75. The largest absolute Gasteiger partial charge is 0.449 e. The lowest BCUT2D eigenvalue weighted by atomic mass is 10.1. The van der Waals surface area contributed by atoms with E-state index in [1.54, 1.807) is 36.0 Å². The third-order valence-corrected chi connectivity index (χ3v) is 4.08. The number of aromatic amines is 1. The van der Waals surface area contributed by atoms with Crippen molar-refractivity contribution < 1.29 is 14.3 Å². The van der Waals surface area contributed by atoms with Gasteiger partial charge in [-0.3, -0.25) is 4.79 Å². The van der Waals surface area contributed by atoms with Crippen molar-refractivity contribution in [1.82, 2.24) is 14.4 Å². The molecule has 0 aliphatic heterocycles. The van der Waals surface area contributed by atoms with Crippen LogP contribution in [0, 0.1) is 0 Å². The zero-order valence-corrected chi connectivity index (χ0v) is 13.5. The van der Waals surface area contributed by atoms with Gasteiger partial charge in [0.15, 0.2) is 11.8 Å². The van der Waals surface area contributed by atoms with Gasteiger partial charge in [0.25, 0.3) is 0 Å². The minimum absolute atomic E-state index is 0.171. The van der Waals surface area contributed by atoms with Crippen LogP contribution >= 0.6 is 0 Å². The highest BCUT2D eigenvalue weighted by atomic mass is 16.5. The van der Waals surface area contributed by atoms with E-state index in [2.05, 4.69) is 9.97 Å². The molecule has 0 amide bonds. The molecule has 1 atom stereocenters. The van der Waals surface area contributed by atoms with Crippen LogP contribution in [0.15, 0.2) is 61.1 Å². The fourth-order valence-electron chi connectivity index (χ4n) is 2.80. The van der Waals surface area contributed by atoms with Crippen molar-refractivity contribution in [3.63, 3.8) is 0 Å². The van der Waals surface area contributed by atoms with Crippen LogP contribution in [0.25, 0.3) is 16.6 Å². The number of hydrogen-bond acceptors (Lipinski definition) is 4. The Kier molecular flexibility index (Phi) is 3.57. The van der Waals surface area contributed by atoms with Crippen LogP contribution in [0.2, 0.25) is 0 Å². The van der Waals surface area contributed by atoms with Crippen LogP contribution in [0.1, 0.15) is 27.8 Å². The minimum atomic E-state index is -0.906. The summed E-state index contributed by atoms with van der Waals surface area (Å²) < 4.78 is 7.05. The van der Waals surface area contributed by atoms with E-state index in [0.29, 0.717) is 11.2 Å². The average molecular weight is 333 g/mol. The Balaban J connectivity index is 1.55. The first kappa shape index (κ1) is 15.1. The number of carbonyl (C=O) groups is 2. The number of ketones is 1. The van der Waals surface area contributed by atoms with Gasteiger partial charge in [-0.05, 0) is 25.1 Å². The van der Waals surface area contributed by atoms with Gasteiger partial charge in [0.05, 0.1) is 0 Å². The standard InChI is InChI=1S/C19H15N3O3/c1-12(18(23)14-10-20-15-7-3-2-6-13(14)15)25-19(24)16-11-22-9-5-4-8-17(22)21-16/h2-12,20H,1H3/t12-/m1/s1. The number of aromatic nitrogens is 3. The summed E-state index contributed by atoms with van der Waals surface area (Å²) in [4.78, 5) is 32.2. The first-order chi connectivity index (χ1) is 12.1. The summed E-state index contributed by atoms with van der Waals surface area (Å²) in [7, 11) is 0. The average Bonchev–Trinajstić information content (AvgIpc) is 3.25. The Morgan fingerprint density at radius 2 is 1.96 bits per heavy atom.